The molecule has 1 aliphatic carbocycles. The van der Waals surface area contributed by atoms with Crippen LogP contribution in [0.5, 0.6) is 0 Å². The van der Waals surface area contributed by atoms with E-state index in [9.17, 15) is 9.59 Å². The molecule has 140 valence electrons. The first-order valence-corrected chi connectivity index (χ1v) is 9.77. The SMILES string of the molecule is O=C(N[C@H](c1ccccc1)C1CC1)C1CCN(C(=O)c2cccnc2)CC1. The van der Waals surface area contributed by atoms with Crippen molar-refractivity contribution in [2.75, 3.05) is 13.1 Å². The van der Waals surface area contributed by atoms with Crippen molar-refractivity contribution in [3.05, 3.63) is 66.0 Å². The van der Waals surface area contributed by atoms with Crippen LogP contribution in [-0.2, 0) is 4.79 Å². The van der Waals surface area contributed by atoms with E-state index in [1.165, 1.54) is 18.4 Å². The number of amides is 2. The van der Waals surface area contributed by atoms with Crippen LogP contribution in [0.4, 0.5) is 0 Å². The molecule has 1 saturated carbocycles. The van der Waals surface area contributed by atoms with Crippen molar-refractivity contribution < 1.29 is 9.59 Å². The molecule has 0 spiro atoms. The minimum Gasteiger partial charge on any atom is -0.349 e. The first-order valence-electron chi connectivity index (χ1n) is 9.77. The number of hydrogen-bond donors (Lipinski definition) is 1. The lowest BCUT2D eigenvalue weighted by Gasteiger charge is -2.32. The molecular formula is C22H25N3O2. The molecule has 1 aromatic carbocycles. The maximum Gasteiger partial charge on any atom is 0.255 e. The molecule has 2 fully saturated rings. The minimum absolute atomic E-state index is 0.00195. The van der Waals surface area contributed by atoms with Crippen LogP contribution in [0.15, 0.2) is 54.9 Å². The molecular weight excluding hydrogens is 338 g/mol. The summed E-state index contributed by atoms with van der Waals surface area (Å²) < 4.78 is 0. The molecule has 0 bridgehead atoms. The van der Waals surface area contributed by atoms with E-state index in [0.717, 1.165) is 0 Å². The Hall–Kier alpha value is -2.69. The predicted molar refractivity (Wildman–Crippen MR) is 103 cm³/mol. The quantitative estimate of drug-likeness (QED) is 0.887. The zero-order chi connectivity index (χ0) is 18.6. The summed E-state index contributed by atoms with van der Waals surface area (Å²) in [4.78, 5) is 31.2. The van der Waals surface area contributed by atoms with Crippen LogP contribution in [0.25, 0.3) is 0 Å². The Labute approximate surface area is 159 Å². The summed E-state index contributed by atoms with van der Waals surface area (Å²) in [6, 6.07) is 13.9. The van der Waals surface area contributed by atoms with E-state index < -0.39 is 0 Å². The van der Waals surface area contributed by atoms with Crippen LogP contribution < -0.4 is 5.32 Å². The van der Waals surface area contributed by atoms with Gasteiger partial charge in [-0.15, -0.1) is 0 Å². The average Bonchev–Trinajstić information content (AvgIpc) is 3.58. The number of rotatable bonds is 5. The molecule has 1 aromatic heterocycles. The molecule has 2 aliphatic rings. The predicted octanol–water partition coefficient (Wildman–Crippen LogP) is 3.20. The van der Waals surface area contributed by atoms with Crippen LogP contribution in [0.2, 0.25) is 0 Å². The molecule has 4 rings (SSSR count). The van der Waals surface area contributed by atoms with Gasteiger partial charge in [0.05, 0.1) is 11.6 Å². The number of aromatic nitrogens is 1. The maximum absolute atomic E-state index is 12.8. The normalized spacial score (nSPS) is 18.7. The van der Waals surface area contributed by atoms with Crippen LogP contribution in [-0.4, -0.2) is 34.8 Å². The number of hydrogen-bond acceptors (Lipinski definition) is 3. The summed E-state index contributed by atoms with van der Waals surface area (Å²) in [5.41, 5.74) is 1.80. The number of benzene rings is 1. The van der Waals surface area contributed by atoms with Gasteiger partial charge in [-0.3, -0.25) is 14.6 Å². The van der Waals surface area contributed by atoms with Crippen LogP contribution in [0.1, 0.15) is 47.6 Å². The lowest BCUT2D eigenvalue weighted by atomic mass is 9.94. The fraction of sp³-hybridized carbons (Fsp3) is 0.409. The van der Waals surface area contributed by atoms with Crippen LogP contribution in [0.3, 0.4) is 0 Å². The van der Waals surface area contributed by atoms with E-state index in [2.05, 4.69) is 22.4 Å². The fourth-order valence-electron chi connectivity index (χ4n) is 3.85. The summed E-state index contributed by atoms with van der Waals surface area (Å²) >= 11 is 0. The monoisotopic (exact) mass is 363 g/mol. The maximum atomic E-state index is 12.8. The third kappa shape index (κ3) is 4.18. The van der Waals surface area contributed by atoms with Gasteiger partial charge in [0, 0.05) is 31.4 Å². The number of piperidine rings is 1. The van der Waals surface area contributed by atoms with Gasteiger partial charge in [0.25, 0.3) is 5.91 Å². The molecule has 27 heavy (non-hydrogen) atoms. The van der Waals surface area contributed by atoms with Crippen molar-refractivity contribution in [1.29, 1.82) is 0 Å². The van der Waals surface area contributed by atoms with Gasteiger partial charge in [-0.25, -0.2) is 0 Å². The molecule has 1 atom stereocenters. The number of nitrogens with one attached hydrogen (secondary N) is 1. The average molecular weight is 363 g/mol. The van der Waals surface area contributed by atoms with E-state index in [-0.39, 0.29) is 23.8 Å². The van der Waals surface area contributed by atoms with Gasteiger partial charge in [-0.2, -0.15) is 0 Å². The van der Waals surface area contributed by atoms with E-state index >= 15 is 0 Å². The van der Waals surface area contributed by atoms with E-state index in [1.54, 1.807) is 24.5 Å². The van der Waals surface area contributed by atoms with Crippen molar-refractivity contribution >= 4 is 11.8 Å². The van der Waals surface area contributed by atoms with Gasteiger partial charge in [-0.1, -0.05) is 30.3 Å². The second-order valence-electron chi connectivity index (χ2n) is 7.54. The first kappa shape index (κ1) is 17.7. The molecule has 5 heteroatoms. The highest BCUT2D eigenvalue weighted by molar-refractivity contribution is 5.94. The van der Waals surface area contributed by atoms with Gasteiger partial charge in [-0.05, 0) is 49.3 Å². The standard InChI is InChI=1S/C22H25N3O2/c26-21(24-20(17-8-9-17)16-5-2-1-3-6-16)18-10-13-25(14-11-18)22(27)19-7-4-12-23-15-19/h1-7,12,15,17-18,20H,8-11,13-14H2,(H,24,26)/t20-/m1/s1. The Morgan fingerprint density at radius 3 is 2.37 bits per heavy atom. The van der Waals surface area contributed by atoms with Gasteiger partial charge in [0.15, 0.2) is 0 Å². The smallest absolute Gasteiger partial charge is 0.255 e. The van der Waals surface area contributed by atoms with Gasteiger partial charge >= 0.3 is 0 Å². The lowest BCUT2D eigenvalue weighted by molar-refractivity contribution is -0.127. The summed E-state index contributed by atoms with van der Waals surface area (Å²) in [5, 5.41) is 3.29. The number of nitrogens with zero attached hydrogens (tertiary/aromatic N) is 2. The highest BCUT2D eigenvalue weighted by Crippen LogP contribution is 2.41. The Kier molecular flexibility index (Phi) is 5.19. The topological polar surface area (TPSA) is 62.3 Å². The fourth-order valence-corrected chi connectivity index (χ4v) is 3.85. The van der Waals surface area contributed by atoms with E-state index in [1.807, 2.05) is 23.1 Å². The molecule has 0 radical (unpaired) electrons. The third-order valence-electron chi connectivity index (χ3n) is 5.61. The third-order valence-corrected chi connectivity index (χ3v) is 5.61. The second-order valence-corrected chi connectivity index (χ2v) is 7.54. The van der Waals surface area contributed by atoms with Crippen molar-refractivity contribution in [3.8, 4) is 0 Å². The Morgan fingerprint density at radius 2 is 1.74 bits per heavy atom. The zero-order valence-electron chi connectivity index (χ0n) is 15.4. The highest BCUT2D eigenvalue weighted by atomic mass is 16.2. The Bertz CT molecular complexity index is 782. The molecule has 2 amide bonds. The Balaban J connectivity index is 1.34. The van der Waals surface area contributed by atoms with Crippen LogP contribution in [0, 0.1) is 11.8 Å². The number of likely N-dealkylation sites (tertiary alicyclic amines) is 1. The van der Waals surface area contributed by atoms with Crippen molar-refractivity contribution in [1.82, 2.24) is 15.2 Å². The van der Waals surface area contributed by atoms with E-state index in [4.69, 9.17) is 0 Å². The summed E-state index contributed by atoms with van der Waals surface area (Å²) in [7, 11) is 0. The Morgan fingerprint density at radius 1 is 1.00 bits per heavy atom. The molecule has 2 heterocycles. The first-order chi connectivity index (χ1) is 13.2. The van der Waals surface area contributed by atoms with E-state index in [0.29, 0.717) is 37.4 Å². The lowest BCUT2D eigenvalue weighted by Crippen LogP contribution is -2.44. The molecule has 1 aliphatic heterocycles. The second kappa shape index (κ2) is 7.91. The van der Waals surface area contributed by atoms with Gasteiger partial charge in [0.1, 0.15) is 0 Å². The van der Waals surface area contributed by atoms with Crippen molar-refractivity contribution in [2.24, 2.45) is 11.8 Å². The van der Waals surface area contributed by atoms with Crippen LogP contribution >= 0.6 is 0 Å². The summed E-state index contributed by atoms with van der Waals surface area (Å²) in [6.45, 7) is 1.23. The molecule has 0 unspecified atom stereocenters. The summed E-state index contributed by atoms with van der Waals surface area (Å²) in [5.74, 6) is 0.669. The highest BCUT2D eigenvalue weighted by Gasteiger charge is 2.35. The van der Waals surface area contributed by atoms with Gasteiger partial charge in [0.2, 0.25) is 5.91 Å². The molecule has 1 N–H and O–H groups in total. The molecule has 1 saturated heterocycles. The largest absolute Gasteiger partial charge is 0.349 e. The molecule has 2 aromatic rings. The van der Waals surface area contributed by atoms with Gasteiger partial charge < -0.3 is 10.2 Å². The number of carbonyl (C=O) groups is 2. The zero-order valence-corrected chi connectivity index (χ0v) is 15.4. The molecule has 5 nitrogen and oxygen atoms in total. The summed E-state index contributed by atoms with van der Waals surface area (Å²) in [6.07, 6.45) is 7.04. The van der Waals surface area contributed by atoms with Crippen molar-refractivity contribution in [3.63, 3.8) is 0 Å². The number of carbonyl (C=O) groups excluding carboxylic acids is 2. The number of pyridine rings is 1. The minimum atomic E-state index is -0.0205. The van der Waals surface area contributed by atoms with Crippen molar-refractivity contribution in [2.45, 2.75) is 31.7 Å².